The van der Waals surface area contributed by atoms with Gasteiger partial charge in [-0.3, -0.25) is 4.79 Å². The smallest absolute Gasteiger partial charge is 0.306 e. The van der Waals surface area contributed by atoms with Crippen molar-refractivity contribution >= 4 is 5.97 Å². The third-order valence-corrected chi connectivity index (χ3v) is 7.56. The molecule has 0 aliphatic carbocycles. The molecule has 1 unspecified atom stereocenters. The van der Waals surface area contributed by atoms with Gasteiger partial charge in [0.1, 0.15) is 11.9 Å². The topological polar surface area (TPSA) is 35.5 Å². The monoisotopic (exact) mass is 542 g/mol. The normalized spacial score (nSPS) is 11.8. The number of hydrogen-bond acceptors (Lipinski definition) is 3. The summed E-state index contributed by atoms with van der Waals surface area (Å²) in [5.74, 6) is 0.792. The first kappa shape index (κ1) is 31.5. The summed E-state index contributed by atoms with van der Waals surface area (Å²) in [6.45, 7) is 6.97. The summed E-state index contributed by atoms with van der Waals surface area (Å²) in [5, 5.41) is 0. The number of carbonyl (C=O) groups excluding carboxylic acids is 1. The maximum Gasteiger partial charge on any atom is 0.306 e. The summed E-state index contributed by atoms with van der Waals surface area (Å²) in [6.07, 6.45) is 15.8. The molecular formula is C37H50O3. The molecule has 216 valence electrons. The van der Waals surface area contributed by atoms with Crippen LogP contribution in [0.3, 0.4) is 0 Å². The fraction of sp³-hybridized carbons (Fsp3) is 0.486. The SMILES string of the molecule is CCCCCCCCCCCCCOc1ccc(-c2ccccc2-c2ccc(C(C)OC(=O)CCC)cc2)cc1. The second-order valence-corrected chi connectivity index (χ2v) is 11.0. The van der Waals surface area contributed by atoms with Crippen LogP contribution in [-0.2, 0) is 9.53 Å². The first-order valence-corrected chi connectivity index (χ1v) is 15.7. The van der Waals surface area contributed by atoms with Crippen LogP contribution in [0.25, 0.3) is 22.3 Å². The van der Waals surface area contributed by atoms with Crippen molar-refractivity contribution in [1.29, 1.82) is 0 Å². The summed E-state index contributed by atoms with van der Waals surface area (Å²) in [7, 11) is 0. The Bertz CT molecular complexity index is 1100. The largest absolute Gasteiger partial charge is 0.494 e. The summed E-state index contributed by atoms with van der Waals surface area (Å²) in [4.78, 5) is 11.9. The number of carbonyl (C=O) groups is 1. The predicted octanol–water partition coefficient (Wildman–Crippen LogP) is 11.1. The van der Waals surface area contributed by atoms with Gasteiger partial charge in [-0.1, -0.05) is 139 Å². The number of hydrogen-bond donors (Lipinski definition) is 0. The van der Waals surface area contributed by atoms with Crippen molar-refractivity contribution in [2.24, 2.45) is 0 Å². The molecule has 3 rings (SSSR count). The molecule has 0 aliphatic heterocycles. The van der Waals surface area contributed by atoms with Crippen molar-refractivity contribution in [2.75, 3.05) is 6.61 Å². The van der Waals surface area contributed by atoms with E-state index in [0.717, 1.165) is 36.3 Å². The van der Waals surface area contributed by atoms with Gasteiger partial charge in [-0.2, -0.15) is 0 Å². The molecule has 0 spiro atoms. The standard InChI is InChI=1S/C37H50O3/c1-4-6-7-8-9-10-11-12-13-14-17-29-39-34-27-25-33(26-28-34)36-20-16-15-19-35(36)32-23-21-31(22-24-32)30(3)40-37(38)18-5-2/h15-16,19-28,30H,4-14,17-18,29H2,1-3H3. The first-order chi connectivity index (χ1) is 19.6. The minimum atomic E-state index is -0.249. The van der Waals surface area contributed by atoms with E-state index in [1.165, 1.54) is 80.9 Å². The summed E-state index contributed by atoms with van der Waals surface area (Å²) in [5.41, 5.74) is 5.69. The maximum atomic E-state index is 11.9. The Morgan fingerprint density at radius 3 is 1.65 bits per heavy atom. The van der Waals surface area contributed by atoms with Gasteiger partial charge in [0.15, 0.2) is 0 Å². The highest BCUT2D eigenvalue weighted by Crippen LogP contribution is 2.33. The van der Waals surface area contributed by atoms with Crippen LogP contribution >= 0.6 is 0 Å². The van der Waals surface area contributed by atoms with Crippen LogP contribution in [0.1, 0.15) is 116 Å². The van der Waals surface area contributed by atoms with Gasteiger partial charge in [0, 0.05) is 6.42 Å². The molecule has 3 nitrogen and oxygen atoms in total. The molecule has 3 heteroatoms. The zero-order valence-corrected chi connectivity index (χ0v) is 25.1. The Hall–Kier alpha value is -3.07. The van der Waals surface area contributed by atoms with Crippen LogP contribution in [0.4, 0.5) is 0 Å². The molecule has 0 saturated carbocycles. The van der Waals surface area contributed by atoms with E-state index >= 15 is 0 Å². The molecule has 0 saturated heterocycles. The van der Waals surface area contributed by atoms with E-state index in [1.54, 1.807) is 0 Å². The lowest BCUT2D eigenvalue weighted by Crippen LogP contribution is -2.08. The maximum absolute atomic E-state index is 11.9. The molecule has 0 aliphatic rings. The van der Waals surface area contributed by atoms with Crippen molar-refractivity contribution in [3.63, 3.8) is 0 Å². The van der Waals surface area contributed by atoms with Crippen molar-refractivity contribution in [3.05, 3.63) is 78.4 Å². The second kappa shape index (κ2) is 18.3. The van der Waals surface area contributed by atoms with Gasteiger partial charge < -0.3 is 9.47 Å². The Morgan fingerprint density at radius 1 is 0.625 bits per heavy atom. The molecular weight excluding hydrogens is 492 g/mol. The van der Waals surface area contributed by atoms with Gasteiger partial charge in [0.25, 0.3) is 0 Å². The van der Waals surface area contributed by atoms with Crippen molar-refractivity contribution in [2.45, 2.75) is 110 Å². The molecule has 3 aromatic carbocycles. The van der Waals surface area contributed by atoms with Crippen molar-refractivity contribution in [3.8, 4) is 28.0 Å². The molecule has 0 fully saturated rings. The highest BCUT2D eigenvalue weighted by Gasteiger charge is 2.12. The average Bonchev–Trinajstić information content (AvgIpc) is 2.98. The lowest BCUT2D eigenvalue weighted by molar-refractivity contribution is -0.148. The Labute approximate surface area is 243 Å². The summed E-state index contributed by atoms with van der Waals surface area (Å²) >= 11 is 0. The van der Waals surface area contributed by atoms with E-state index in [2.05, 4.69) is 79.7 Å². The van der Waals surface area contributed by atoms with Gasteiger partial charge in [0.05, 0.1) is 6.61 Å². The molecule has 0 heterocycles. The van der Waals surface area contributed by atoms with Crippen LogP contribution in [0, 0.1) is 0 Å². The summed E-state index contributed by atoms with van der Waals surface area (Å²) < 4.78 is 11.6. The van der Waals surface area contributed by atoms with E-state index in [0.29, 0.717) is 6.42 Å². The van der Waals surface area contributed by atoms with Crippen LogP contribution in [0.2, 0.25) is 0 Å². The molecule has 0 N–H and O–H groups in total. The third-order valence-electron chi connectivity index (χ3n) is 7.56. The number of rotatable bonds is 19. The van der Waals surface area contributed by atoms with Gasteiger partial charge >= 0.3 is 5.97 Å². The molecule has 1 atom stereocenters. The molecule has 0 bridgehead atoms. The molecule has 0 amide bonds. The average molecular weight is 543 g/mol. The van der Waals surface area contributed by atoms with Crippen molar-refractivity contribution in [1.82, 2.24) is 0 Å². The second-order valence-electron chi connectivity index (χ2n) is 11.0. The fourth-order valence-corrected chi connectivity index (χ4v) is 5.14. The van der Waals surface area contributed by atoms with Gasteiger partial charge in [-0.05, 0) is 59.7 Å². The van der Waals surface area contributed by atoms with Gasteiger partial charge in [-0.15, -0.1) is 0 Å². The first-order valence-electron chi connectivity index (χ1n) is 15.7. The Balaban J connectivity index is 1.45. The highest BCUT2D eigenvalue weighted by molar-refractivity contribution is 5.83. The van der Waals surface area contributed by atoms with Crippen LogP contribution in [0.5, 0.6) is 5.75 Å². The minimum absolute atomic E-state index is 0.143. The Kier molecular flexibility index (Phi) is 14.4. The van der Waals surface area contributed by atoms with Crippen LogP contribution in [-0.4, -0.2) is 12.6 Å². The van der Waals surface area contributed by atoms with E-state index in [9.17, 15) is 4.79 Å². The van der Waals surface area contributed by atoms with Gasteiger partial charge in [-0.25, -0.2) is 0 Å². The zero-order chi connectivity index (χ0) is 28.4. The molecule has 40 heavy (non-hydrogen) atoms. The fourth-order valence-electron chi connectivity index (χ4n) is 5.14. The zero-order valence-electron chi connectivity index (χ0n) is 25.1. The quantitative estimate of drug-likeness (QED) is 0.112. The van der Waals surface area contributed by atoms with E-state index in [4.69, 9.17) is 9.47 Å². The van der Waals surface area contributed by atoms with Crippen molar-refractivity contribution < 1.29 is 14.3 Å². The summed E-state index contributed by atoms with van der Waals surface area (Å²) in [6, 6.07) is 25.3. The number of esters is 1. The lowest BCUT2D eigenvalue weighted by Gasteiger charge is -2.15. The molecule has 0 aromatic heterocycles. The lowest BCUT2D eigenvalue weighted by atomic mass is 9.94. The van der Waals surface area contributed by atoms with E-state index < -0.39 is 0 Å². The number of unbranched alkanes of at least 4 members (excludes halogenated alkanes) is 10. The Morgan fingerprint density at radius 2 is 1.12 bits per heavy atom. The molecule has 3 aromatic rings. The van der Waals surface area contributed by atoms with Crippen LogP contribution < -0.4 is 4.74 Å². The number of benzene rings is 3. The molecule has 0 radical (unpaired) electrons. The predicted molar refractivity (Wildman–Crippen MR) is 169 cm³/mol. The van der Waals surface area contributed by atoms with Gasteiger partial charge in [0.2, 0.25) is 0 Å². The van der Waals surface area contributed by atoms with Crippen LogP contribution in [0.15, 0.2) is 72.8 Å². The van der Waals surface area contributed by atoms with E-state index in [-0.39, 0.29) is 12.1 Å². The third kappa shape index (κ3) is 10.8. The van der Waals surface area contributed by atoms with E-state index in [1.807, 2.05) is 13.8 Å². The number of ether oxygens (including phenoxy) is 2. The highest BCUT2D eigenvalue weighted by atomic mass is 16.5. The minimum Gasteiger partial charge on any atom is -0.494 e.